The quantitative estimate of drug-likeness (QED) is 0.691. The van der Waals surface area contributed by atoms with Crippen LogP contribution in [0.15, 0.2) is 34.8 Å². The van der Waals surface area contributed by atoms with Crippen LogP contribution in [0.4, 0.5) is 9.80 Å². The predicted molar refractivity (Wildman–Crippen MR) is 108 cm³/mol. The van der Waals surface area contributed by atoms with Gasteiger partial charge < -0.3 is 14.8 Å². The fourth-order valence-electron chi connectivity index (χ4n) is 2.87. The minimum absolute atomic E-state index is 0.0689. The zero-order valence-electron chi connectivity index (χ0n) is 15.4. The second-order valence-corrected chi connectivity index (χ2v) is 8.25. The van der Waals surface area contributed by atoms with Crippen LogP contribution < -0.4 is 5.32 Å². The Morgan fingerprint density at radius 2 is 2.04 bits per heavy atom. The third-order valence-electron chi connectivity index (χ3n) is 4.37. The van der Waals surface area contributed by atoms with Gasteiger partial charge >= 0.3 is 12.1 Å². The summed E-state index contributed by atoms with van der Waals surface area (Å²) in [4.78, 5) is 39.7. The smallest absolute Gasteiger partial charge is 0.411 e. The van der Waals surface area contributed by atoms with Crippen LogP contribution >= 0.6 is 27.3 Å². The molecule has 1 atom stereocenters. The van der Waals surface area contributed by atoms with Crippen molar-refractivity contribution in [2.75, 3.05) is 12.4 Å². The molecule has 0 saturated heterocycles. The van der Waals surface area contributed by atoms with Gasteiger partial charge in [0.25, 0.3) is 0 Å². The van der Waals surface area contributed by atoms with Gasteiger partial charge in [-0.05, 0) is 28.4 Å². The number of carbonyl (C=O) groups is 3. The maximum Gasteiger partial charge on any atom is 0.411 e. The zero-order chi connectivity index (χ0) is 20.3. The molecule has 7 nitrogen and oxygen atoms in total. The van der Waals surface area contributed by atoms with Gasteiger partial charge in [0.2, 0.25) is 5.91 Å². The third-order valence-corrected chi connectivity index (χ3v) is 6.77. The normalized spacial score (nSPS) is 16.0. The van der Waals surface area contributed by atoms with Gasteiger partial charge in [-0.25, -0.2) is 4.79 Å². The van der Waals surface area contributed by atoms with Gasteiger partial charge in [-0.2, -0.15) is 0 Å². The lowest BCUT2D eigenvalue weighted by Crippen LogP contribution is -2.46. The van der Waals surface area contributed by atoms with E-state index < -0.39 is 24.0 Å². The van der Waals surface area contributed by atoms with Crippen molar-refractivity contribution in [2.45, 2.75) is 32.5 Å². The molecule has 0 fully saturated rings. The summed E-state index contributed by atoms with van der Waals surface area (Å²) in [5, 5.41) is 3.47. The number of thiophene rings is 1. The SMILES string of the molecule is COC(=O)C[C@H]1C(=O)Nc2sc(C)c(Br)c2CN1C(=O)OCc1ccccc1. The van der Waals surface area contributed by atoms with Crippen molar-refractivity contribution < 1.29 is 23.9 Å². The number of amides is 2. The van der Waals surface area contributed by atoms with Crippen molar-refractivity contribution in [1.29, 1.82) is 0 Å². The minimum Gasteiger partial charge on any atom is -0.469 e. The highest BCUT2D eigenvalue weighted by Gasteiger charge is 2.38. The van der Waals surface area contributed by atoms with Crippen LogP contribution in [0.3, 0.4) is 0 Å². The summed E-state index contributed by atoms with van der Waals surface area (Å²) < 4.78 is 10.9. The number of hydrogen-bond donors (Lipinski definition) is 1. The molecular formula is C19H19BrN2O5S. The molecule has 0 saturated carbocycles. The summed E-state index contributed by atoms with van der Waals surface area (Å²) in [6.07, 6.45) is -0.926. The first-order valence-corrected chi connectivity index (χ1v) is 10.1. The lowest BCUT2D eigenvalue weighted by Gasteiger charge is -2.27. The van der Waals surface area contributed by atoms with E-state index in [4.69, 9.17) is 9.47 Å². The van der Waals surface area contributed by atoms with E-state index in [9.17, 15) is 14.4 Å². The number of rotatable bonds is 4. The Morgan fingerprint density at radius 1 is 1.32 bits per heavy atom. The van der Waals surface area contributed by atoms with E-state index in [-0.39, 0.29) is 19.6 Å². The fourth-order valence-corrected chi connectivity index (χ4v) is 4.53. The van der Waals surface area contributed by atoms with E-state index in [0.717, 1.165) is 20.5 Å². The highest BCUT2D eigenvalue weighted by molar-refractivity contribution is 9.10. The maximum atomic E-state index is 12.8. The number of ether oxygens (including phenoxy) is 2. The third kappa shape index (κ3) is 4.36. The number of hydrogen-bond acceptors (Lipinski definition) is 6. The first-order chi connectivity index (χ1) is 13.4. The van der Waals surface area contributed by atoms with Crippen molar-refractivity contribution >= 4 is 50.2 Å². The minimum atomic E-state index is -1.03. The lowest BCUT2D eigenvalue weighted by molar-refractivity contribution is -0.143. The zero-order valence-corrected chi connectivity index (χ0v) is 17.8. The molecular weight excluding hydrogens is 448 g/mol. The number of nitrogens with one attached hydrogen (secondary N) is 1. The molecule has 9 heteroatoms. The Labute approximate surface area is 174 Å². The summed E-state index contributed by atoms with van der Waals surface area (Å²) in [5.74, 6) is -1.03. The van der Waals surface area contributed by atoms with E-state index in [2.05, 4.69) is 21.2 Å². The molecule has 1 aromatic heterocycles. The van der Waals surface area contributed by atoms with Crippen molar-refractivity contribution in [3.05, 3.63) is 50.8 Å². The van der Waals surface area contributed by atoms with Crippen molar-refractivity contribution in [2.24, 2.45) is 0 Å². The molecule has 0 bridgehead atoms. The Kier molecular flexibility index (Phi) is 6.35. The van der Waals surface area contributed by atoms with Crippen LogP contribution in [0.2, 0.25) is 0 Å². The topological polar surface area (TPSA) is 84.9 Å². The lowest BCUT2D eigenvalue weighted by atomic mass is 10.1. The molecule has 2 amide bonds. The van der Waals surface area contributed by atoms with Crippen molar-refractivity contribution in [3.8, 4) is 0 Å². The van der Waals surface area contributed by atoms with Gasteiger partial charge in [0.1, 0.15) is 17.6 Å². The van der Waals surface area contributed by atoms with Crippen LogP contribution in [0.1, 0.15) is 22.4 Å². The average Bonchev–Trinajstić information content (AvgIpc) is 2.87. The molecule has 1 aliphatic heterocycles. The van der Waals surface area contributed by atoms with Gasteiger partial charge in [-0.3, -0.25) is 14.5 Å². The summed E-state index contributed by atoms with van der Waals surface area (Å²) >= 11 is 4.93. The Bertz CT molecular complexity index is 899. The first kappa shape index (κ1) is 20.3. The van der Waals surface area contributed by atoms with Gasteiger partial charge in [0.05, 0.1) is 20.1 Å². The van der Waals surface area contributed by atoms with Crippen molar-refractivity contribution in [1.82, 2.24) is 4.90 Å². The number of aryl methyl sites for hydroxylation is 1. The maximum absolute atomic E-state index is 12.8. The molecule has 1 N–H and O–H groups in total. The van der Waals surface area contributed by atoms with E-state index in [1.54, 1.807) is 0 Å². The standard InChI is InChI=1S/C19H19BrN2O5S/c1-11-16(20)13-9-22(19(25)27-10-12-6-4-3-5-7-12)14(8-15(23)26-2)17(24)21-18(13)28-11/h3-7,14H,8-10H2,1-2H3,(H,21,24)/t14-/m0/s1. The number of methoxy groups -OCH3 is 1. The number of halogens is 1. The number of fused-ring (bicyclic) bond motifs is 1. The molecule has 0 spiro atoms. The Morgan fingerprint density at radius 3 is 2.71 bits per heavy atom. The summed E-state index contributed by atoms with van der Waals surface area (Å²) in [5.41, 5.74) is 1.60. The number of anilines is 1. The Balaban J connectivity index is 1.86. The number of nitrogens with zero attached hydrogens (tertiary/aromatic N) is 1. The highest BCUT2D eigenvalue weighted by atomic mass is 79.9. The van der Waals surface area contributed by atoms with Gasteiger partial charge in [-0.15, -0.1) is 11.3 Å². The highest BCUT2D eigenvalue weighted by Crippen LogP contribution is 2.40. The molecule has 1 aliphatic rings. The van der Waals surface area contributed by atoms with E-state index in [0.29, 0.717) is 5.00 Å². The monoisotopic (exact) mass is 466 g/mol. The van der Waals surface area contributed by atoms with Crippen LogP contribution in [0.5, 0.6) is 0 Å². The van der Waals surface area contributed by atoms with Gasteiger partial charge in [0, 0.05) is 14.9 Å². The van der Waals surface area contributed by atoms with Gasteiger partial charge in [-0.1, -0.05) is 30.3 Å². The summed E-state index contributed by atoms with van der Waals surface area (Å²) in [7, 11) is 1.24. The second-order valence-electron chi connectivity index (χ2n) is 6.23. The van der Waals surface area contributed by atoms with Crippen molar-refractivity contribution in [3.63, 3.8) is 0 Å². The number of esters is 1. The number of benzene rings is 1. The van der Waals surface area contributed by atoms with E-state index in [1.807, 2.05) is 37.3 Å². The molecule has 0 unspecified atom stereocenters. The van der Waals surface area contributed by atoms with E-state index in [1.165, 1.54) is 23.3 Å². The van der Waals surface area contributed by atoms with Crippen LogP contribution in [-0.4, -0.2) is 36.0 Å². The Hall–Kier alpha value is -2.39. The predicted octanol–water partition coefficient (Wildman–Crippen LogP) is 3.84. The first-order valence-electron chi connectivity index (χ1n) is 8.53. The van der Waals surface area contributed by atoms with Crippen LogP contribution in [-0.2, 0) is 32.2 Å². The number of carbonyl (C=O) groups excluding carboxylic acids is 3. The second kappa shape index (κ2) is 8.74. The summed E-state index contributed by atoms with van der Waals surface area (Å²) in [6, 6.07) is 8.22. The molecule has 0 radical (unpaired) electrons. The van der Waals surface area contributed by atoms with Crippen LogP contribution in [0.25, 0.3) is 0 Å². The molecule has 2 aromatic rings. The largest absolute Gasteiger partial charge is 0.469 e. The molecule has 1 aromatic carbocycles. The molecule has 28 heavy (non-hydrogen) atoms. The van der Waals surface area contributed by atoms with Gasteiger partial charge in [0.15, 0.2) is 0 Å². The molecule has 148 valence electrons. The fraction of sp³-hybridized carbons (Fsp3) is 0.316. The average molecular weight is 467 g/mol. The molecule has 0 aliphatic carbocycles. The molecule has 3 rings (SSSR count). The summed E-state index contributed by atoms with van der Waals surface area (Å²) in [6.45, 7) is 2.12. The van der Waals surface area contributed by atoms with Crippen LogP contribution in [0, 0.1) is 6.92 Å². The molecule has 2 heterocycles. The van der Waals surface area contributed by atoms with E-state index >= 15 is 0 Å².